The van der Waals surface area contributed by atoms with Crippen LogP contribution in [0.1, 0.15) is 47.2 Å². The first-order valence-electron chi connectivity index (χ1n) is 11.8. The molecule has 2 bridgehead atoms. The van der Waals surface area contributed by atoms with Gasteiger partial charge in [0.15, 0.2) is 5.78 Å². The smallest absolute Gasteiger partial charge is 0.253 e. The van der Waals surface area contributed by atoms with Crippen molar-refractivity contribution in [1.29, 1.82) is 5.26 Å². The standard InChI is InChI=1S/C27H28FN3O2/c1-31-9-8-19-12-17(5-7-23(19)27(31)33)18-2-3-20(24(28)14-18)10-16(15-29)11-25(32)26-21-4-6-22(13-21)30-26/h2-3,5,7,12,14,16,21-22,26,30H,4,6,8-11,13H2,1H3/t16-,21+,22-,26+/m1/s1. The fourth-order valence-corrected chi connectivity index (χ4v) is 5.69. The summed E-state index contributed by atoms with van der Waals surface area (Å²) in [6, 6.07) is 13.2. The van der Waals surface area contributed by atoms with Crippen molar-refractivity contribution in [2.75, 3.05) is 13.6 Å². The average Bonchev–Trinajstić information content (AvgIpc) is 3.46. The van der Waals surface area contributed by atoms with Crippen LogP contribution in [0.25, 0.3) is 11.1 Å². The molecule has 0 radical (unpaired) electrons. The van der Waals surface area contributed by atoms with Gasteiger partial charge in [0.25, 0.3) is 5.91 Å². The molecule has 33 heavy (non-hydrogen) atoms. The van der Waals surface area contributed by atoms with Gasteiger partial charge in [-0.1, -0.05) is 24.3 Å². The maximum Gasteiger partial charge on any atom is 0.253 e. The Hall–Kier alpha value is -3.04. The van der Waals surface area contributed by atoms with Gasteiger partial charge in [0.2, 0.25) is 0 Å². The van der Waals surface area contributed by atoms with Crippen LogP contribution in [0.4, 0.5) is 4.39 Å². The van der Waals surface area contributed by atoms with Gasteiger partial charge in [-0.2, -0.15) is 5.26 Å². The molecule has 0 spiro atoms. The van der Waals surface area contributed by atoms with Crippen LogP contribution in [0.3, 0.4) is 0 Å². The van der Waals surface area contributed by atoms with Gasteiger partial charge < -0.3 is 10.2 Å². The summed E-state index contributed by atoms with van der Waals surface area (Å²) in [4.78, 5) is 26.8. The fraction of sp³-hybridized carbons (Fsp3) is 0.444. The molecule has 5 rings (SSSR count). The summed E-state index contributed by atoms with van der Waals surface area (Å²) in [6.07, 6.45) is 4.42. The van der Waals surface area contributed by atoms with E-state index in [9.17, 15) is 19.2 Å². The third kappa shape index (κ3) is 4.18. The van der Waals surface area contributed by atoms with E-state index in [2.05, 4.69) is 11.4 Å². The zero-order chi connectivity index (χ0) is 23.1. The second-order valence-corrected chi connectivity index (χ2v) is 9.77. The van der Waals surface area contributed by atoms with Gasteiger partial charge in [-0.15, -0.1) is 0 Å². The quantitative estimate of drug-likeness (QED) is 0.732. The molecule has 3 aliphatic rings. The van der Waals surface area contributed by atoms with E-state index in [4.69, 9.17) is 0 Å². The molecule has 2 aromatic carbocycles. The minimum atomic E-state index is -0.537. The number of Topliss-reactive ketones (excluding diaryl/α,β-unsaturated/α-hetero) is 1. The predicted octanol–water partition coefficient (Wildman–Crippen LogP) is 3.90. The maximum atomic E-state index is 15.0. The zero-order valence-corrected chi connectivity index (χ0v) is 18.8. The number of rotatable bonds is 6. The molecular weight excluding hydrogens is 417 g/mol. The molecule has 2 heterocycles. The van der Waals surface area contributed by atoms with Crippen molar-refractivity contribution >= 4 is 11.7 Å². The van der Waals surface area contributed by atoms with Crippen LogP contribution in [-0.2, 0) is 17.6 Å². The third-order valence-electron chi connectivity index (χ3n) is 7.59. The summed E-state index contributed by atoms with van der Waals surface area (Å²) in [5.41, 5.74) is 3.74. The van der Waals surface area contributed by atoms with Gasteiger partial charge in [-0.3, -0.25) is 9.59 Å². The number of hydrogen-bond acceptors (Lipinski definition) is 4. The SMILES string of the molecule is CN1CCc2cc(-c3ccc(C[C@@H](C#N)CC(=O)[C@H]4N[C@@H]5CC[C@H]4C5)c(F)c3)ccc2C1=O. The Balaban J connectivity index is 1.28. The first kappa shape index (κ1) is 21.8. The second-order valence-electron chi connectivity index (χ2n) is 9.77. The van der Waals surface area contributed by atoms with Crippen molar-refractivity contribution in [3.05, 3.63) is 58.9 Å². The molecule has 6 heteroatoms. The van der Waals surface area contributed by atoms with E-state index in [-0.39, 0.29) is 36.4 Å². The minimum Gasteiger partial charge on any atom is -0.341 e. The molecule has 1 amide bonds. The van der Waals surface area contributed by atoms with Gasteiger partial charge in [0.05, 0.1) is 18.0 Å². The lowest BCUT2D eigenvalue weighted by Crippen LogP contribution is -2.42. The Morgan fingerprint density at radius 1 is 1.24 bits per heavy atom. The van der Waals surface area contributed by atoms with Crippen molar-refractivity contribution in [3.8, 4) is 17.2 Å². The van der Waals surface area contributed by atoms with Crippen molar-refractivity contribution < 1.29 is 14.0 Å². The summed E-state index contributed by atoms with van der Waals surface area (Å²) in [7, 11) is 1.80. The predicted molar refractivity (Wildman–Crippen MR) is 123 cm³/mol. The lowest BCUT2D eigenvalue weighted by Gasteiger charge is -2.25. The van der Waals surface area contributed by atoms with Crippen LogP contribution in [0.5, 0.6) is 0 Å². The van der Waals surface area contributed by atoms with Crippen LogP contribution in [0, 0.1) is 29.0 Å². The van der Waals surface area contributed by atoms with Gasteiger partial charge in [0.1, 0.15) is 5.82 Å². The summed E-state index contributed by atoms with van der Waals surface area (Å²) in [5.74, 6) is -0.412. The number of benzene rings is 2. The molecule has 1 saturated carbocycles. The second kappa shape index (κ2) is 8.72. The molecule has 1 saturated heterocycles. The number of piperidine rings is 1. The van der Waals surface area contributed by atoms with Crippen LogP contribution in [0.2, 0.25) is 0 Å². The summed E-state index contributed by atoms with van der Waals surface area (Å²) < 4.78 is 15.0. The van der Waals surface area contributed by atoms with Crippen LogP contribution in [-0.4, -0.2) is 42.3 Å². The Kier molecular flexibility index (Phi) is 5.76. The van der Waals surface area contributed by atoms with Crippen LogP contribution >= 0.6 is 0 Å². The van der Waals surface area contributed by atoms with E-state index in [1.807, 2.05) is 24.3 Å². The number of ketones is 1. The first-order chi connectivity index (χ1) is 15.9. The number of nitrogens with one attached hydrogen (secondary N) is 1. The molecule has 1 N–H and O–H groups in total. The number of amides is 1. The molecule has 2 fully saturated rings. The highest BCUT2D eigenvalue weighted by atomic mass is 19.1. The highest BCUT2D eigenvalue weighted by Crippen LogP contribution is 2.36. The Morgan fingerprint density at radius 3 is 2.73 bits per heavy atom. The van der Waals surface area contributed by atoms with E-state index < -0.39 is 5.92 Å². The Bertz CT molecular complexity index is 1150. The van der Waals surface area contributed by atoms with Crippen molar-refractivity contribution in [1.82, 2.24) is 10.2 Å². The van der Waals surface area contributed by atoms with E-state index >= 15 is 0 Å². The summed E-state index contributed by atoms with van der Waals surface area (Å²) >= 11 is 0. The molecule has 170 valence electrons. The van der Waals surface area contributed by atoms with Crippen molar-refractivity contribution in [2.45, 2.75) is 50.6 Å². The van der Waals surface area contributed by atoms with Gasteiger partial charge in [-0.25, -0.2) is 4.39 Å². The van der Waals surface area contributed by atoms with Crippen LogP contribution in [0.15, 0.2) is 36.4 Å². The first-order valence-corrected chi connectivity index (χ1v) is 11.8. The van der Waals surface area contributed by atoms with Crippen molar-refractivity contribution in [3.63, 3.8) is 0 Å². The molecule has 1 aliphatic carbocycles. The van der Waals surface area contributed by atoms with Crippen LogP contribution < -0.4 is 5.32 Å². The molecule has 4 atom stereocenters. The number of fused-ring (bicyclic) bond motifs is 3. The highest BCUT2D eigenvalue weighted by Gasteiger charge is 2.42. The fourth-order valence-electron chi connectivity index (χ4n) is 5.69. The van der Waals surface area contributed by atoms with Gasteiger partial charge >= 0.3 is 0 Å². The van der Waals surface area contributed by atoms with E-state index in [0.29, 0.717) is 29.6 Å². The molecule has 0 unspecified atom stereocenters. The van der Waals surface area contributed by atoms with E-state index in [1.54, 1.807) is 18.0 Å². The molecular formula is C27H28FN3O2. The number of hydrogen-bond donors (Lipinski definition) is 1. The molecule has 2 aromatic rings. The molecule has 0 aromatic heterocycles. The molecule has 2 aliphatic heterocycles. The largest absolute Gasteiger partial charge is 0.341 e. The Labute approximate surface area is 193 Å². The van der Waals surface area contributed by atoms with E-state index in [0.717, 1.165) is 42.4 Å². The summed E-state index contributed by atoms with van der Waals surface area (Å²) in [5, 5.41) is 13.0. The number of carbonyl (C=O) groups is 2. The highest BCUT2D eigenvalue weighted by molar-refractivity contribution is 5.97. The van der Waals surface area contributed by atoms with Gasteiger partial charge in [0, 0.05) is 31.6 Å². The number of carbonyl (C=O) groups excluding carboxylic acids is 2. The number of likely N-dealkylation sites (N-methyl/N-ethyl adjacent to an activating group) is 1. The average molecular weight is 446 g/mol. The lowest BCUT2D eigenvalue weighted by molar-refractivity contribution is -0.122. The molecule has 5 nitrogen and oxygen atoms in total. The zero-order valence-electron chi connectivity index (χ0n) is 18.8. The number of halogens is 1. The summed E-state index contributed by atoms with van der Waals surface area (Å²) in [6.45, 7) is 0.675. The Morgan fingerprint density at radius 2 is 2.03 bits per heavy atom. The topological polar surface area (TPSA) is 73.2 Å². The monoisotopic (exact) mass is 445 g/mol. The third-order valence-corrected chi connectivity index (χ3v) is 7.59. The van der Waals surface area contributed by atoms with Crippen molar-refractivity contribution in [2.24, 2.45) is 11.8 Å². The minimum absolute atomic E-state index is 0.0158. The number of nitrogens with zero attached hydrogens (tertiary/aromatic N) is 2. The van der Waals surface area contributed by atoms with E-state index in [1.165, 1.54) is 6.07 Å². The van der Waals surface area contributed by atoms with Gasteiger partial charge in [-0.05, 0) is 72.4 Å². The number of nitriles is 1. The lowest BCUT2D eigenvalue weighted by atomic mass is 9.88. The maximum absolute atomic E-state index is 15.0. The normalized spacial score (nSPS) is 24.5.